The number of pyridine rings is 1. The number of alkyl halides is 3. The highest BCUT2D eigenvalue weighted by Crippen LogP contribution is 2.32. The minimum atomic E-state index is -4.61. The Morgan fingerprint density at radius 2 is 2.20 bits per heavy atom. The number of rotatable bonds is 6. The second-order valence-corrected chi connectivity index (χ2v) is 7.22. The molecule has 0 bridgehead atoms. The fraction of sp³-hybridized carbons (Fsp3) is 0.429. The Balaban J connectivity index is 1.63. The number of ether oxygens (including phenoxy) is 2. The Kier molecular flexibility index (Phi) is 6.81. The van der Waals surface area contributed by atoms with Crippen LogP contribution in [0, 0.1) is 0 Å². The van der Waals surface area contributed by atoms with E-state index in [2.05, 4.69) is 10.3 Å². The predicted molar refractivity (Wildman–Crippen MR) is 104 cm³/mol. The minimum absolute atomic E-state index is 0.0644. The number of benzene rings is 1. The number of methoxy groups -OCH3 is 1. The average Bonchev–Trinajstić information content (AvgIpc) is 2.87. The lowest BCUT2D eigenvalue weighted by atomic mass is 10.1. The van der Waals surface area contributed by atoms with Crippen molar-refractivity contribution in [1.29, 1.82) is 0 Å². The molecule has 6 nitrogen and oxygen atoms in total. The highest BCUT2D eigenvalue weighted by molar-refractivity contribution is 5.76. The van der Waals surface area contributed by atoms with Crippen LogP contribution in [0.5, 0.6) is 11.5 Å². The molecule has 1 aliphatic rings. The maximum Gasteiger partial charge on any atom is 0.412 e. The van der Waals surface area contributed by atoms with Gasteiger partial charge in [-0.15, -0.1) is 0 Å². The maximum absolute atomic E-state index is 13.4. The third-order valence-corrected chi connectivity index (χ3v) is 4.82. The Morgan fingerprint density at radius 1 is 1.40 bits per heavy atom. The third kappa shape index (κ3) is 5.63. The Hall–Kier alpha value is -2.81. The van der Waals surface area contributed by atoms with Gasteiger partial charge >= 0.3 is 6.18 Å². The summed E-state index contributed by atoms with van der Waals surface area (Å²) in [7, 11) is 1.58. The van der Waals surface area contributed by atoms with Crippen molar-refractivity contribution in [1.82, 2.24) is 15.2 Å². The van der Waals surface area contributed by atoms with E-state index in [4.69, 9.17) is 9.47 Å². The molecule has 2 atom stereocenters. The fourth-order valence-electron chi connectivity index (χ4n) is 3.39. The molecule has 0 saturated carbocycles. The van der Waals surface area contributed by atoms with Crippen LogP contribution >= 0.6 is 0 Å². The van der Waals surface area contributed by atoms with E-state index >= 15 is 0 Å². The van der Waals surface area contributed by atoms with E-state index in [1.165, 1.54) is 18.3 Å². The van der Waals surface area contributed by atoms with Crippen molar-refractivity contribution in [2.75, 3.05) is 20.2 Å². The summed E-state index contributed by atoms with van der Waals surface area (Å²) in [4.78, 5) is 18.0. The molecule has 1 amide bonds. The summed E-state index contributed by atoms with van der Waals surface area (Å²) in [5, 5.41) is 2.10. The summed E-state index contributed by atoms with van der Waals surface area (Å²) in [6, 6.07) is 6.14. The van der Waals surface area contributed by atoms with E-state index in [0.29, 0.717) is 31.1 Å². The van der Waals surface area contributed by atoms with Gasteiger partial charge in [-0.1, -0.05) is 12.1 Å². The number of fused-ring (bicyclic) bond motifs is 1. The minimum Gasteiger partial charge on any atom is -0.497 e. The van der Waals surface area contributed by atoms with Crippen LogP contribution in [0.2, 0.25) is 0 Å². The maximum atomic E-state index is 13.4. The van der Waals surface area contributed by atoms with Gasteiger partial charge in [-0.2, -0.15) is 13.2 Å². The topological polar surface area (TPSA) is 63.7 Å². The van der Waals surface area contributed by atoms with Crippen molar-refractivity contribution in [3.05, 3.63) is 53.9 Å². The summed E-state index contributed by atoms with van der Waals surface area (Å²) in [6.07, 6.45) is -2.32. The van der Waals surface area contributed by atoms with Crippen LogP contribution in [0.25, 0.3) is 0 Å². The highest BCUT2D eigenvalue weighted by Gasteiger charge is 2.42. The van der Waals surface area contributed by atoms with Gasteiger partial charge in [-0.05, 0) is 19.1 Å². The Morgan fingerprint density at radius 3 is 2.87 bits per heavy atom. The zero-order valence-electron chi connectivity index (χ0n) is 16.8. The molecule has 0 unspecified atom stereocenters. The standard InChI is InChI=1S/C21H24F3N3O3/c1-14-12-27(13-16-5-6-17(29-2)10-18(16)30-14)9-7-19(28)26-20(21(22,23)24)15-4-3-8-25-11-15/h3-6,8,10-11,14,20H,7,9,12-13H2,1-2H3,(H,26,28)/t14-,20-/m0/s1. The number of amides is 1. The van der Waals surface area contributed by atoms with Crippen LogP contribution in [0.15, 0.2) is 42.7 Å². The monoisotopic (exact) mass is 423 g/mol. The summed E-state index contributed by atoms with van der Waals surface area (Å²) >= 11 is 0. The first-order valence-electron chi connectivity index (χ1n) is 9.58. The average molecular weight is 423 g/mol. The second-order valence-electron chi connectivity index (χ2n) is 7.22. The van der Waals surface area contributed by atoms with Crippen molar-refractivity contribution in [3.63, 3.8) is 0 Å². The van der Waals surface area contributed by atoms with Gasteiger partial charge < -0.3 is 14.8 Å². The van der Waals surface area contributed by atoms with Crippen molar-refractivity contribution in [2.45, 2.75) is 38.2 Å². The molecule has 1 N–H and O–H groups in total. The number of aromatic nitrogens is 1. The van der Waals surface area contributed by atoms with Gasteiger partial charge in [0.2, 0.25) is 5.91 Å². The number of carbonyl (C=O) groups excluding carboxylic acids is 1. The number of carbonyl (C=O) groups is 1. The molecule has 0 radical (unpaired) electrons. The molecule has 9 heteroatoms. The smallest absolute Gasteiger partial charge is 0.412 e. The van der Waals surface area contributed by atoms with Crippen LogP contribution in [0.1, 0.15) is 30.5 Å². The SMILES string of the molecule is COc1ccc2c(c1)O[C@@H](C)CN(CCC(=O)N[C@@H](c1cccnc1)C(F)(F)F)C2. The molecular weight excluding hydrogens is 399 g/mol. The number of hydrogen-bond donors (Lipinski definition) is 1. The van der Waals surface area contributed by atoms with Crippen molar-refractivity contribution in [3.8, 4) is 11.5 Å². The molecule has 0 spiro atoms. The van der Waals surface area contributed by atoms with Gasteiger partial charge in [0.05, 0.1) is 7.11 Å². The van der Waals surface area contributed by atoms with E-state index in [9.17, 15) is 18.0 Å². The molecule has 2 heterocycles. The van der Waals surface area contributed by atoms with Crippen LogP contribution in [0.3, 0.4) is 0 Å². The number of nitrogens with one attached hydrogen (secondary N) is 1. The lowest BCUT2D eigenvalue weighted by Crippen LogP contribution is -2.40. The van der Waals surface area contributed by atoms with Crippen LogP contribution in [-0.4, -0.2) is 48.3 Å². The lowest BCUT2D eigenvalue weighted by molar-refractivity contribution is -0.163. The molecule has 1 aromatic heterocycles. The van der Waals surface area contributed by atoms with E-state index in [-0.39, 0.29) is 18.1 Å². The predicted octanol–water partition coefficient (Wildman–Crippen LogP) is 3.48. The Bertz CT molecular complexity index is 862. The van der Waals surface area contributed by atoms with E-state index in [1.54, 1.807) is 7.11 Å². The molecule has 30 heavy (non-hydrogen) atoms. The first-order valence-corrected chi connectivity index (χ1v) is 9.58. The van der Waals surface area contributed by atoms with E-state index < -0.39 is 18.1 Å². The quantitative estimate of drug-likeness (QED) is 0.771. The van der Waals surface area contributed by atoms with Gasteiger partial charge in [-0.25, -0.2) is 0 Å². The number of halogens is 3. The zero-order chi connectivity index (χ0) is 21.7. The number of hydrogen-bond acceptors (Lipinski definition) is 5. The van der Waals surface area contributed by atoms with Crippen molar-refractivity contribution in [2.24, 2.45) is 0 Å². The largest absolute Gasteiger partial charge is 0.497 e. The highest BCUT2D eigenvalue weighted by atomic mass is 19.4. The normalized spacial score (nSPS) is 18.0. The summed E-state index contributed by atoms with van der Waals surface area (Å²) in [6.45, 7) is 3.30. The van der Waals surface area contributed by atoms with Gasteiger partial charge in [0.1, 0.15) is 17.6 Å². The molecule has 0 saturated heterocycles. The van der Waals surface area contributed by atoms with Crippen molar-refractivity contribution >= 4 is 5.91 Å². The third-order valence-electron chi connectivity index (χ3n) is 4.82. The lowest BCUT2D eigenvalue weighted by Gasteiger charge is -2.24. The van der Waals surface area contributed by atoms with Crippen LogP contribution < -0.4 is 14.8 Å². The molecule has 0 aliphatic carbocycles. The number of nitrogens with zero attached hydrogens (tertiary/aromatic N) is 2. The molecule has 1 aliphatic heterocycles. The first-order chi connectivity index (χ1) is 14.3. The van der Waals surface area contributed by atoms with Gasteiger partial charge in [0, 0.05) is 55.6 Å². The summed E-state index contributed by atoms with van der Waals surface area (Å²) < 4.78 is 51.4. The molecule has 1 aromatic carbocycles. The van der Waals surface area contributed by atoms with Crippen LogP contribution in [0.4, 0.5) is 13.2 Å². The van der Waals surface area contributed by atoms with Gasteiger partial charge in [0.25, 0.3) is 0 Å². The summed E-state index contributed by atoms with van der Waals surface area (Å²) in [5.74, 6) is 0.721. The summed E-state index contributed by atoms with van der Waals surface area (Å²) in [5.41, 5.74) is 0.835. The molecule has 3 rings (SSSR count). The van der Waals surface area contributed by atoms with Gasteiger partial charge in [-0.3, -0.25) is 14.7 Å². The molecule has 0 fully saturated rings. The molecular formula is C21H24F3N3O3. The molecule has 2 aromatic rings. The first kappa shape index (κ1) is 21.9. The van der Waals surface area contributed by atoms with Crippen LogP contribution in [-0.2, 0) is 11.3 Å². The van der Waals surface area contributed by atoms with Crippen molar-refractivity contribution < 1.29 is 27.4 Å². The van der Waals surface area contributed by atoms with Gasteiger partial charge in [0.15, 0.2) is 6.04 Å². The van der Waals surface area contributed by atoms with E-state index in [0.717, 1.165) is 11.8 Å². The Labute approximate surface area is 173 Å². The molecule has 162 valence electrons. The van der Waals surface area contributed by atoms with E-state index in [1.807, 2.05) is 30.0 Å². The zero-order valence-corrected chi connectivity index (χ0v) is 16.8. The second kappa shape index (κ2) is 9.34. The fourth-order valence-corrected chi connectivity index (χ4v) is 3.39.